The van der Waals surface area contributed by atoms with Gasteiger partial charge in [0, 0.05) is 16.5 Å². The highest BCUT2D eigenvalue weighted by atomic mass is 32.2. The topological polar surface area (TPSA) is 65.0 Å². The SMILES string of the molecule is COc1ccc(-c2c(C(C)=O)c(C)nc3sc4c(SC)nc(SC)nc4c23)cc1. The Balaban J connectivity index is 2.20. The summed E-state index contributed by atoms with van der Waals surface area (Å²) < 4.78 is 6.31. The lowest BCUT2D eigenvalue weighted by atomic mass is 9.94. The fraction of sp³-hybridized carbons (Fsp3) is 0.238. The number of ketones is 1. The molecule has 0 saturated carbocycles. The van der Waals surface area contributed by atoms with Crippen molar-refractivity contribution in [2.75, 3.05) is 19.6 Å². The number of thiophene rings is 1. The smallest absolute Gasteiger partial charge is 0.189 e. The second kappa shape index (κ2) is 7.93. The predicted octanol–water partition coefficient (Wildman–Crippen LogP) is 5.87. The van der Waals surface area contributed by atoms with Gasteiger partial charge in [0.15, 0.2) is 10.9 Å². The fourth-order valence-corrected chi connectivity index (χ4v) is 5.76. The van der Waals surface area contributed by atoms with Gasteiger partial charge in [-0.25, -0.2) is 15.0 Å². The molecule has 1 aromatic carbocycles. The summed E-state index contributed by atoms with van der Waals surface area (Å²) in [6.45, 7) is 3.48. The highest BCUT2D eigenvalue weighted by Crippen LogP contribution is 2.44. The van der Waals surface area contributed by atoms with Crippen LogP contribution in [0.2, 0.25) is 0 Å². The second-order valence-electron chi connectivity index (χ2n) is 6.41. The van der Waals surface area contributed by atoms with Crippen LogP contribution in [0.1, 0.15) is 23.0 Å². The Labute approximate surface area is 181 Å². The summed E-state index contributed by atoms with van der Waals surface area (Å²) >= 11 is 4.69. The minimum atomic E-state index is -0.00805. The first-order valence-corrected chi connectivity index (χ1v) is 12.1. The molecule has 0 bridgehead atoms. The van der Waals surface area contributed by atoms with Crippen molar-refractivity contribution in [1.29, 1.82) is 0 Å². The molecule has 0 saturated heterocycles. The third kappa shape index (κ3) is 3.39. The zero-order valence-corrected chi connectivity index (χ0v) is 19.1. The van der Waals surface area contributed by atoms with Gasteiger partial charge in [-0.15, -0.1) is 23.1 Å². The van der Waals surface area contributed by atoms with Crippen LogP contribution in [0, 0.1) is 6.92 Å². The number of nitrogens with zero attached hydrogens (tertiary/aromatic N) is 3. The number of carbonyl (C=O) groups excluding carboxylic acids is 1. The number of ether oxygens (including phenoxy) is 1. The molecule has 4 rings (SSSR count). The van der Waals surface area contributed by atoms with Gasteiger partial charge in [-0.1, -0.05) is 23.9 Å². The number of fused-ring (bicyclic) bond motifs is 3. The highest BCUT2D eigenvalue weighted by Gasteiger charge is 2.23. The van der Waals surface area contributed by atoms with Gasteiger partial charge in [0.25, 0.3) is 0 Å². The zero-order chi connectivity index (χ0) is 20.7. The van der Waals surface area contributed by atoms with E-state index in [1.165, 1.54) is 11.8 Å². The molecule has 3 heterocycles. The van der Waals surface area contributed by atoms with Crippen molar-refractivity contribution in [3.05, 3.63) is 35.5 Å². The van der Waals surface area contributed by atoms with Crippen LogP contribution in [0.4, 0.5) is 0 Å². The van der Waals surface area contributed by atoms with Crippen LogP contribution in [0.5, 0.6) is 5.75 Å². The van der Waals surface area contributed by atoms with Crippen LogP contribution in [-0.4, -0.2) is 40.4 Å². The molecule has 0 atom stereocenters. The number of thioether (sulfide) groups is 2. The average Bonchev–Trinajstić information content (AvgIpc) is 3.09. The lowest BCUT2D eigenvalue weighted by molar-refractivity contribution is 0.101. The van der Waals surface area contributed by atoms with E-state index in [-0.39, 0.29) is 5.78 Å². The number of aryl methyl sites for hydroxylation is 1. The van der Waals surface area contributed by atoms with E-state index >= 15 is 0 Å². The maximum Gasteiger partial charge on any atom is 0.189 e. The van der Waals surface area contributed by atoms with Crippen LogP contribution >= 0.6 is 34.9 Å². The normalized spacial score (nSPS) is 11.3. The van der Waals surface area contributed by atoms with E-state index in [1.54, 1.807) is 37.1 Å². The molecule has 0 amide bonds. The number of hydrogen-bond acceptors (Lipinski definition) is 8. The highest BCUT2D eigenvalue weighted by molar-refractivity contribution is 7.99. The predicted molar refractivity (Wildman–Crippen MR) is 123 cm³/mol. The summed E-state index contributed by atoms with van der Waals surface area (Å²) in [6.07, 6.45) is 3.98. The van der Waals surface area contributed by atoms with Crippen LogP contribution in [0.25, 0.3) is 31.6 Å². The van der Waals surface area contributed by atoms with Crippen molar-refractivity contribution in [2.45, 2.75) is 24.0 Å². The van der Waals surface area contributed by atoms with Crippen molar-refractivity contribution in [2.24, 2.45) is 0 Å². The van der Waals surface area contributed by atoms with Crippen LogP contribution < -0.4 is 4.74 Å². The lowest BCUT2D eigenvalue weighted by Crippen LogP contribution is -2.03. The van der Waals surface area contributed by atoms with Crippen molar-refractivity contribution >= 4 is 61.1 Å². The number of aromatic nitrogens is 3. The molecule has 0 radical (unpaired) electrons. The maximum absolute atomic E-state index is 12.6. The number of rotatable bonds is 5. The third-order valence-electron chi connectivity index (χ3n) is 4.70. The molecule has 0 N–H and O–H groups in total. The first-order valence-electron chi connectivity index (χ1n) is 8.86. The third-order valence-corrected chi connectivity index (χ3v) is 7.14. The molecule has 0 aliphatic carbocycles. The van der Waals surface area contributed by atoms with Gasteiger partial charge in [-0.2, -0.15) is 0 Å². The molecular weight excluding hydrogens is 422 g/mol. The average molecular weight is 442 g/mol. The summed E-state index contributed by atoms with van der Waals surface area (Å²) in [5, 5.41) is 2.57. The number of pyridine rings is 1. The molecule has 3 aromatic heterocycles. The number of hydrogen-bond donors (Lipinski definition) is 0. The zero-order valence-electron chi connectivity index (χ0n) is 16.7. The minimum Gasteiger partial charge on any atom is -0.497 e. The van der Waals surface area contributed by atoms with Gasteiger partial charge in [-0.05, 0) is 44.1 Å². The van der Waals surface area contributed by atoms with Crippen molar-refractivity contribution in [3.63, 3.8) is 0 Å². The molecule has 148 valence electrons. The molecule has 4 aromatic rings. The largest absolute Gasteiger partial charge is 0.497 e. The van der Waals surface area contributed by atoms with E-state index < -0.39 is 0 Å². The molecule has 5 nitrogen and oxygen atoms in total. The van der Waals surface area contributed by atoms with Gasteiger partial charge in [-0.3, -0.25) is 4.79 Å². The quantitative estimate of drug-likeness (QED) is 0.166. The molecule has 0 fully saturated rings. The molecule has 0 spiro atoms. The first-order chi connectivity index (χ1) is 14.0. The first kappa shape index (κ1) is 20.1. The Hall–Kier alpha value is -2.16. The Morgan fingerprint density at radius 2 is 1.79 bits per heavy atom. The molecule has 8 heteroatoms. The van der Waals surface area contributed by atoms with E-state index in [4.69, 9.17) is 14.7 Å². The van der Waals surface area contributed by atoms with Gasteiger partial charge in [0.2, 0.25) is 0 Å². The van der Waals surface area contributed by atoms with Crippen LogP contribution in [0.3, 0.4) is 0 Å². The summed E-state index contributed by atoms with van der Waals surface area (Å²) in [7, 11) is 1.64. The Morgan fingerprint density at radius 1 is 1.07 bits per heavy atom. The molecule has 29 heavy (non-hydrogen) atoms. The Kier molecular flexibility index (Phi) is 5.50. The summed E-state index contributed by atoms with van der Waals surface area (Å²) in [5.74, 6) is 0.762. The summed E-state index contributed by atoms with van der Waals surface area (Å²) in [6, 6.07) is 7.78. The summed E-state index contributed by atoms with van der Waals surface area (Å²) in [5.41, 5.74) is 4.05. The Bertz CT molecular complexity index is 1250. The number of methoxy groups -OCH3 is 1. The molecule has 0 unspecified atom stereocenters. The second-order valence-corrected chi connectivity index (χ2v) is 8.98. The van der Waals surface area contributed by atoms with Crippen LogP contribution in [-0.2, 0) is 0 Å². The minimum absolute atomic E-state index is 0.00805. The molecule has 0 aliphatic heterocycles. The van der Waals surface area contributed by atoms with E-state index in [2.05, 4.69) is 4.98 Å². The van der Waals surface area contributed by atoms with Crippen molar-refractivity contribution < 1.29 is 9.53 Å². The van der Waals surface area contributed by atoms with E-state index in [9.17, 15) is 4.79 Å². The van der Waals surface area contributed by atoms with Gasteiger partial charge in [0.05, 0.1) is 23.0 Å². The number of carbonyl (C=O) groups is 1. The standard InChI is InChI=1S/C21H19N3O2S3/c1-10-14(11(2)25)15(12-6-8-13(26-3)9-7-12)16-17-18(29-19(16)22-10)20(27-4)24-21(23-17)28-5/h6-9H,1-5H3. The monoisotopic (exact) mass is 441 g/mol. The van der Waals surface area contributed by atoms with E-state index in [0.717, 1.165) is 48.0 Å². The van der Waals surface area contributed by atoms with E-state index in [1.807, 2.05) is 43.7 Å². The van der Waals surface area contributed by atoms with Gasteiger partial charge < -0.3 is 4.74 Å². The van der Waals surface area contributed by atoms with E-state index in [0.29, 0.717) is 10.7 Å². The van der Waals surface area contributed by atoms with Gasteiger partial charge >= 0.3 is 0 Å². The fourth-order valence-electron chi connectivity index (χ4n) is 3.45. The molecular formula is C21H19N3O2S3. The van der Waals surface area contributed by atoms with Crippen molar-refractivity contribution in [3.8, 4) is 16.9 Å². The van der Waals surface area contributed by atoms with Gasteiger partial charge in [0.1, 0.15) is 15.6 Å². The molecule has 0 aliphatic rings. The van der Waals surface area contributed by atoms with Crippen molar-refractivity contribution in [1.82, 2.24) is 15.0 Å². The number of Topliss-reactive ketones (excluding diaryl/α,β-unsaturated/α-hetero) is 1. The summed E-state index contributed by atoms with van der Waals surface area (Å²) in [4.78, 5) is 27.7. The maximum atomic E-state index is 12.6. The number of benzene rings is 1. The Morgan fingerprint density at radius 3 is 2.38 bits per heavy atom. The van der Waals surface area contributed by atoms with Crippen LogP contribution in [0.15, 0.2) is 34.4 Å². The lowest BCUT2D eigenvalue weighted by Gasteiger charge is -2.13.